The molecule has 2 rings (SSSR count). The van der Waals surface area contributed by atoms with E-state index in [-0.39, 0.29) is 22.7 Å². The number of carboxylic acids is 1. The molecule has 192 valence electrons. The van der Waals surface area contributed by atoms with E-state index in [0.29, 0.717) is 24.0 Å². The smallest absolute Gasteiger partial charge is 0.408 e. The molecular formula is C27H32N2O7. The van der Waals surface area contributed by atoms with Crippen molar-refractivity contribution in [1.29, 1.82) is 0 Å². The molecule has 9 nitrogen and oxygen atoms in total. The number of allylic oxidation sites excluding steroid dienone is 2. The predicted molar refractivity (Wildman–Crippen MR) is 137 cm³/mol. The molecule has 1 atom stereocenters. The van der Waals surface area contributed by atoms with Crippen LogP contribution in [0.5, 0.6) is 11.5 Å². The number of rotatable bonds is 10. The third kappa shape index (κ3) is 7.90. The van der Waals surface area contributed by atoms with Crippen LogP contribution in [0.15, 0.2) is 55.6 Å². The predicted octanol–water partition coefficient (Wildman–Crippen LogP) is 4.53. The zero-order chi connectivity index (χ0) is 27.0. The summed E-state index contributed by atoms with van der Waals surface area (Å²) in [5.41, 5.74) is 1.33. The van der Waals surface area contributed by atoms with Crippen LogP contribution in [-0.4, -0.2) is 44.9 Å². The second-order valence-electron chi connectivity index (χ2n) is 9.17. The first-order valence-electron chi connectivity index (χ1n) is 11.3. The number of phenolic OH excluding ortho intramolecular Hbond substituents is 2. The Kier molecular flexibility index (Phi) is 9.26. The van der Waals surface area contributed by atoms with E-state index in [1.165, 1.54) is 12.1 Å². The summed E-state index contributed by atoms with van der Waals surface area (Å²) in [7, 11) is 0. The van der Waals surface area contributed by atoms with Gasteiger partial charge in [0.05, 0.1) is 12.1 Å². The van der Waals surface area contributed by atoms with Gasteiger partial charge in [0.2, 0.25) is 5.91 Å². The number of carbonyl (C=O) groups excluding carboxylic acids is 2. The molecule has 5 N–H and O–H groups in total. The van der Waals surface area contributed by atoms with Gasteiger partial charge in [0, 0.05) is 11.1 Å². The Morgan fingerprint density at radius 2 is 1.61 bits per heavy atom. The van der Waals surface area contributed by atoms with E-state index >= 15 is 0 Å². The zero-order valence-electron chi connectivity index (χ0n) is 20.6. The first-order chi connectivity index (χ1) is 16.8. The summed E-state index contributed by atoms with van der Waals surface area (Å²) in [6.07, 6.45) is 2.71. The summed E-state index contributed by atoms with van der Waals surface area (Å²) in [6, 6.07) is 6.59. The number of carboxylic acid groups (broad SMARTS) is 1. The molecule has 9 heteroatoms. The summed E-state index contributed by atoms with van der Waals surface area (Å²) in [4.78, 5) is 36.3. The van der Waals surface area contributed by atoms with E-state index in [0.717, 1.165) is 5.56 Å². The van der Waals surface area contributed by atoms with E-state index in [1.54, 1.807) is 51.1 Å². The average molecular weight is 497 g/mol. The lowest BCUT2D eigenvalue weighted by atomic mass is 9.96. The van der Waals surface area contributed by atoms with E-state index < -0.39 is 36.0 Å². The number of anilines is 1. The SMILES string of the molecule is C=CCc1ccc(O)c(-c2cc(CC=C)cc(NC(=O)CC(NC(=O)OC(C)(C)C)C(=O)O)c2O)c1. The Hall–Kier alpha value is -4.27. The Labute approximate surface area is 210 Å². The third-order valence-electron chi connectivity index (χ3n) is 4.93. The molecule has 0 fully saturated rings. The molecule has 2 amide bonds. The number of hydrogen-bond donors (Lipinski definition) is 5. The van der Waals surface area contributed by atoms with Gasteiger partial charge < -0.3 is 30.7 Å². The number of hydrogen-bond acceptors (Lipinski definition) is 6. The molecule has 0 aliphatic heterocycles. The minimum absolute atomic E-state index is 0.0179. The lowest BCUT2D eigenvalue weighted by Crippen LogP contribution is -2.45. The normalized spacial score (nSPS) is 11.8. The fourth-order valence-electron chi connectivity index (χ4n) is 3.41. The largest absolute Gasteiger partial charge is 0.507 e. The first kappa shape index (κ1) is 28.0. The summed E-state index contributed by atoms with van der Waals surface area (Å²) >= 11 is 0. The molecule has 0 aliphatic rings. The van der Waals surface area contributed by atoms with Gasteiger partial charge >= 0.3 is 12.1 Å². The number of carbonyl (C=O) groups is 3. The van der Waals surface area contributed by atoms with Crippen LogP contribution >= 0.6 is 0 Å². The number of phenols is 2. The molecule has 2 aromatic carbocycles. The van der Waals surface area contributed by atoms with Crippen LogP contribution in [0.2, 0.25) is 0 Å². The van der Waals surface area contributed by atoms with Crippen LogP contribution in [0.4, 0.5) is 10.5 Å². The summed E-state index contributed by atoms with van der Waals surface area (Å²) in [5.74, 6) is -2.57. The zero-order valence-corrected chi connectivity index (χ0v) is 20.6. The number of alkyl carbamates (subject to hydrolysis) is 1. The highest BCUT2D eigenvalue weighted by Crippen LogP contribution is 2.41. The molecule has 0 radical (unpaired) electrons. The number of aliphatic carboxylic acids is 1. The number of benzene rings is 2. The molecule has 0 aromatic heterocycles. The summed E-state index contributed by atoms with van der Waals surface area (Å²) < 4.78 is 5.06. The number of nitrogens with one attached hydrogen (secondary N) is 2. The minimum atomic E-state index is -1.56. The van der Waals surface area contributed by atoms with Crippen molar-refractivity contribution in [3.8, 4) is 22.6 Å². The topological polar surface area (TPSA) is 145 Å². The van der Waals surface area contributed by atoms with Gasteiger partial charge in [-0.05, 0) is 69.0 Å². The highest BCUT2D eigenvalue weighted by Gasteiger charge is 2.27. The van der Waals surface area contributed by atoms with Crippen molar-refractivity contribution in [2.45, 2.75) is 51.7 Å². The van der Waals surface area contributed by atoms with Crippen molar-refractivity contribution in [2.24, 2.45) is 0 Å². The van der Waals surface area contributed by atoms with Gasteiger partial charge in [0.1, 0.15) is 23.1 Å². The van der Waals surface area contributed by atoms with Crippen molar-refractivity contribution in [3.63, 3.8) is 0 Å². The molecule has 0 spiro atoms. The average Bonchev–Trinajstić information content (AvgIpc) is 2.76. The van der Waals surface area contributed by atoms with Crippen molar-refractivity contribution >= 4 is 23.7 Å². The molecule has 0 bridgehead atoms. The van der Waals surface area contributed by atoms with Gasteiger partial charge in [-0.15, -0.1) is 13.2 Å². The standard InChI is InChI=1S/C27H32N2O7/c1-6-8-16-10-11-22(30)18(12-16)19-13-17(9-7-2)14-20(24(19)32)28-23(31)15-21(25(33)34)29-26(35)36-27(3,4)5/h6-7,10-14,21,30,32H,1-2,8-9,15H2,3-5H3,(H,28,31)(H,29,35)(H,33,34). The maximum atomic E-state index is 12.7. The summed E-state index contributed by atoms with van der Waals surface area (Å²) in [6.45, 7) is 12.3. The molecule has 0 saturated carbocycles. The van der Waals surface area contributed by atoms with Crippen LogP contribution in [0.1, 0.15) is 38.3 Å². The van der Waals surface area contributed by atoms with Crippen LogP contribution in [0.3, 0.4) is 0 Å². The van der Waals surface area contributed by atoms with E-state index in [2.05, 4.69) is 23.8 Å². The highest BCUT2D eigenvalue weighted by molar-refractivity contribution is 5.97. The fourth-order valence-corrected chi connectivity index (χ4v) is 3.41. The number of aromatic hydroxyl groups is 2. The molecule has 2 aromatic rings. The monoisotopic (exact) mass is 496 g/mol. The summed E-state index contributed by atoms with van der Waals surface area (Å²) in [5, 5.41) is 35.5. The van der Waals surface area contributed by atoms with E-state index in [1.807, 2.05) is 0 Å². The molecule has 1 unspecified atom stereocenters. The van der Waals surface area contributed by atoms with Crippen LogP contribution in [0.25, 0.3) is 11.1 Å². The van der Waals surface area contributed by atoms with Gasteiger partial charge in [-0.2, -0.15) is 0 Å². The quantitative estimate of drug-likeness (QED) is 0.240. The second kappa shape index (κ2) is 11.9. The van der Waals surface area contributed by atoms with Gasteiger partial charge in [-0.3, -0.25) is 4.79 Å². The molecule has 0 saturated heterocycles. The Morgan fingerprint density at radius 1 is 1.00 bits per heavy atom. The first-order valence-corrected chi connectivity index (χ1v) is 11.3. The lowest BCUT2D eigenvalue weighted by Gasteiger charge is -2.22. The van der Waals surface area contributed by atoms with Crippen molar-refractivity contribution in [2.75, 3.05) is 5.32 Å². The van der Waals surface area contributed by atoms with Crippen molar-refractivity contribution in [3.05, 3.63) is 66.8 Å². The van der Waals surface area contributed by atoms with Crippen LogP contribution in [0, 0.1) is 0 Å². The Morgan fingerprint density at radius 3 is 2.19 bits per heavy atom. The van der Waals surface area contributed by atoms with E-state index in [4.69, 9.17) is 4.74 Å². The van der Waals surface area contributed by atoms with Gasteiger partial charge in [0.25, 0.3) is 0 Å². The maximum Gasteiger partial charge on any atom is 0.408 e. The van der Waals surface area contributed by atoms with Crippen molar-refractivity contribution < 1.29 is 34.4 Å². The third-order valence-corrected chi connectivity index (χ3v) is 4.93. The van der Waals surface area contributed by atoms with Gasteiger partial charge in [-0.1, -0.05) is 18.2 Å². The van der Waals surface area contributed by atoms with Crippen molar-refractivity contribution in [1.82, 2.24) is 5.32 Å². The highest BCUT2D eigenvalue weighted by atomic mass is 16.6. The van der Waals surface area contributed by atoms with Crippen LogP contribution in [-0.2, 0) is 27.2 Å². The molecule has 0 heterocycles. The molecule has 0 aliphatic carbocycles. The number of ether oxygens (including phenoxy) is 1. The maximum absolute atomic E-state index is 12.7. The molecular weight excluding hydrogens is 464 g/mol. The lowest BCUT2D eigenvalue weighted by molar-refractivity contribution is -0.141. The number of amides is 2. The second-order valence-corrected chi connectivity index (χ2v) is 9.17. The minimum Gasteiger partial charge on any atom is -0.507 e. The molecule has 36 heavy (non-hydrogen) atoms. The van der Waals surface area contributed by atoms with E-state index in [9.17, 15) is 29.7 Å². The van der Waals surface area contributed by atoms with Gasteiger partial charge in [-0.25, -0.2) is 9.59 Å². The van der Waals surface area contributed by atoms with Crippen LogP contribution < -0.4 is 10.6 Å². The fraction of sp³-hybridized carbons (Fsp3) is 0.296. The Bertz CT molecular complexity index is 1170. The Balaban J connectivity index is 2.36. The van der Waals surface area contributed by atoms with Gasteiger partial charge in [0.15, 0.2) is 0 Å².